The third-order valence-electron chi connectivity index (χ3n) is 5.85. The van der Waals surface area contributed by atoms with Gasteiger partial charge in [0.15, 0.2) is 36.3 Å². The highest BCUT2D eigenvalue weighted by molar-refractivity contribution is 7.94. The maximum Gasteiger partial charge on any atom is 0.519 e. The van der Waals surface area contributed by atoms with Crippen LogP contribution >= 0.6 is 12.0 Å². The molecule has 14 nitrogen and oxygen atoms in total. The van der Waals surface area contributed by atoms with E-state index in [4.69, 9.17) is 38.1 Å². The number of rotatable bonds is 9. The Kier molecular flexibility index (Phi) is 8.60. The first-order chi connectivity index (χ1) is 16.6. The van der Waals surface area contributed by atoms with Gasteiger partial charge >= 0.3 is 23.6 Å². The Morgan fingerprint density at radius 3 is 2.09 bits per heavy atom. The first kappa shape index (κ1) is 26.7. The zero-order chi connectivity index (χ0) is 25.8. The van der Waals surface area contributed by atoms with Crippen molar-refractivity contribution in [3.05, 3.63) is 44.3 Å². The number of aryl methyl sites for hydroxylation is 2. The summed E-state index contributed by atoms with van der Waals surface area (Å²) in [7, 11) is 0. The highest BCUT2D eigenvalue weighted by Crippen LogP contribution is 2.62. The second-order valence-electron chi connectivity index (χ2n) is 7.89. The highest BCUT2D eigenvalue weighted by Gasteiger charge is 2.70. The molecule has 3 N–H and O–H groups in total. The zero-order valence-corrected chi connectivity index (χ0v) is 19.9. The van der Waals surface area contributed by atoms with Gasteiger partial charge in [-0.1, -0.05) is 12.0 Å². The van der Waals surface area contributed by atoms with E-state index in [1.807, 2.05) is 6.92 Å². The number of carbonyl (C=O) groups excluding carboxylic acids is 2. The predicted octanol–water partition coefficient (Wildman–Crippen LogP) is 1.61. The summed E-state index contributed by atoms with van der Waals surface area (Å²) in [6, 6.07) is 0. The van der Waals surface area contributed by atoms with Crippen molar-refractivity contribution in [2.45, 2.75) is 52.4 Å². The van der Waals surface area contributed by atoms with E-state index in [-0.39, 0.29) is 42.2 Å². The van der Waals surface area contributed by atoms with Crippen LogP contribution in [0.3, 0.4) is 0 Å². The van der Waals surface area contributed by atoms with Crippen LogP contribution in [0.25, 0.3) is 0 Å². The predicted molar refractivity (Wildman–Crippen MR) is 113 cm³/mol. The van der Waals surface area contributed by atoms with E-state index in [1.165, 1.54) is 13.8 Å². The lowest BCUT2D eigenvalue weighted by molar-refractivity contribution is -0.432. The number of carbonyl (C=O) groups is 2. The molecule has 2 unspecified atom stereocenters. The van der Waals surface area contributed by atoms with Gasteiger partial charge in [-0.05, 0) is 32.6 Å². The number of nitrogens with two attached hydrogens (primary N) is 1. The summed E-state index contributed by atoms with van der Waals surface area (Å²) in [6.45, 7) is 4.37. The minimum absolute atomic E-state index is 0.0777. The van der Waals surface area contributed by atoms with Gasteiger partial charge in [-0.25, -0.2) is 14.8 Å². The Morgan fingerprint density at radius 1 is 1.06 bits per heavy atom. The number of hydrogen-bond donors (Lipinski definition) is 2. The molecule has 2 heterocycles. The Morgan fingerprint density at radius 2 is 1.63 bits per heavy atom. The number of ether oxygens (including phenoxy) is 2. The summed E-state index contributed by atoms with van der Waals surface area (Å²) in [4.78, 5) is 47.1. The van der Waals surface area contributed by atoms with Crippen LogP contribution < -0.4 is 17.4 Å². The third kappa shape index (κ3) is 6.05. The molecule has 4 atom stereocenters. The van der Waals surface area contributed by atoms with E-state index in [0.29, 0.717) is 12.8 Å². The van der Waals surface area contributed by atoms with Gasteiger partial charge in [-0.3, -0.25) is 9.59 Å². The first-order valence-corrected chi connectivity index (χ1v) is 11.4. The summed E-state index contributed by atoms with van der Waals surface area (Å²) in [5, 5.41) is 10.7. The first-order valence-electron chi connectivity index (χ1n) is 10.5. The molecule has 2 aliphatic carbocycles. The SMILES string of the molecule is CCSOOO.Cc1oc(=O)oc1COC(=O)[C@H]1C2CC[C@@](N)(C(=O)OCc3oc(=O)oc3C)C21. The van der Waals surface area contributed by atoms with E-state index in [9.17, 15) is 19.2 Å². The summed E-state index contributed by atoms with van der Waals surface area (Å²) in [6.07, 6.45) is 0.949. The average Bonchev–Trinajstić information content (AvgIpc) is 3.14. The molecule has 2 aromatic heterocycles. The fourth-order valence-corrected chi connectivity index (χ4v) is 4.29. The maximum atomic E-state index is 12.6. The maximum absolute atomic E-state index is 12.6. The second kappa shape index (κ2) is 11.3. The lowest BCUT2D eigenvalue weighted by atomic mass is 9.91. The van der Waals surface area contributed by atoms with Gasteiger partial charge in [0, 0.05) is 23.7 Å². The van der Waals surface area contributed by atoms with Crippen LogP contribution in [0, 0.1) is 31.6 Å². The van der Waals surface area contributed by atoms with Crippen molar-refractivity contribution in [3.8, 4) is 0 Å². The number of fused-ring (bicyclic) bond motifs is 1. The molecule has 2 aromatic rings. The standard InChI is InChI=1S/C18H19NO10.C2H6O3S/c1-7-10(28-16(22)26-7)5-24-14(20)12-9-3-4-18(19,13(9)12)15(21)25-6-11-8(2)27-17(23)29-11;1-2-6-5-4-3/h9,12-13H,3-6,19H2,1-2H3;3H,2H2,1H3/t9?,12-,13?,18-;/m0./s1. The van der Waals surface area contributed by atoms with Crippen molar-refractivity contribution in [2.75, 3.05) is 5.75 Å². The Labute approximate surface area is 201 Å². The van der Waals surface area contributed by atoms with Crippen molar-refractivity contribution >= 4 is 24.0 Å². The summed E-state index contributed by atoms with van der Waals surface area (Å²) in [5.74, 6) is -2.53. The van der Waals surface area contributed by atoms with Crippen LogP contribution in [0.4, 0.5) is 0 Å². The molecule has 2 fully saturated rings. The molecular formula is C20H25NO13S. The van der Waals surface area contributed by atoms with Gasteiger partial charge in [0.25, 0.3) is 0 Å². The smallest absolute Gasteiger partial charge is 0.457 e. The molecule has 0 radical (unpaired) electrons. The zero-order valence-electron chi connectivity index (χ0n) is 19.1. The fourth-order valence-electron chi connectivity index (χ4n) is 4.15. The number of esters is 2. The van der Waals surface area contributed by atoms with Gasteiger partial charge in [0.05, 0.1) is 5.92 Å². The Balaban J connectivity index is 0.000000509. The van der Waals surface area contributed by atoms with Crippen LogP contribution in [0.1, 0.15) is 42.8 Å². The summed E-state index contributed by atoms with van der Waals surface area (Å²) in [5.41, 5.74) is 4.96. The average molecular weight is 519 g/mol. The van der Waals surface area contributed by atoms with Crippen molar-refractivity contribution in [2.24, 2.45) is 23.5 Å². The molecule has 0 amide bonds. The van der Waals surface area contributed by atoms with Gasteiger partial charge in [-0.2, -0.15) is 0 Å². The molecule has 0 bridgehead atoms. The van der Waals surface area contributed by atoms with Crippen LogP contribution in [0.5, 0.6) is 0 Å². The molecule has 2 aliphatic rings. The molecule has 4 rings (SSSR count). The minimum atomic E-state index is -1.33. The molecule has 15 heteroatoms. The van der Waals surface area contributed by atoms with Gasteiger partial charge in [0.2, 0.25) is 0 Å². The van der Waals surface area contributed by atoms with Crippen LogP contribution in [-0.2, 0) is 41.6 Å². The van der Waals surface area contributed by atoms with Crippen LogP contribution in [0.2, 0.25) is 0 Å². The largest absolute Gasteiger partial charge is 0.519 e. The molecule has 0 aliphatic heterocycles. The van der Waals surface area contributed by atoms with Crippen LogP contribution in [0.15, 0.2) is 27.3 Å². The van der Waals surface area contributed by atoms with E-state index in [2.05, 4.69) is 9.37 Å². The lowest BCUT2D eigenvalue weighted by Crippen LogP contribution is -2.50. The van der Waals surface area contributed by atoms with E-state index in [0.717, 1.165) is 17.8 Å². The molecule has 0 saturated heterocycles. The third-order valence-corrected chi connectivity index (χ3v) is 6.25. The van der Waals surface area contributed by atoms with E-state index < -0.39 is 41.0 Å². The summed E-state index contributed by atoms with van der Waals surface area (Å²) < 4.78 is 33.4. The van der Waals surface area contributed by atoms with Crippen molar-refractivity contribution in [3.63, 3.8) is 0 Å². The van der Waals surface area contributed by atoms with E-state index in [1.54, 1.807) is 0 Å². The van der Waals surface area contributed by atoms with Crippen molar-refractivity contribution in [1.82, 2.24) is 0 Å². The molecule has 35 heavy (non-hydrogen) atoms. The van der Waals surface area contributed by atoms with Crippen LogP contribution in [-0.4, -0.2) is 28.5 Å². The van der Waals surface area contributed by atoms with Gasteiger partial charge in [-0.15, -0.1) is 4.33 Å². The minimum Gasteiger partial charge on any atom is -0.457 e. The quantitative estimate of drug-likeness (QED) is 0.159. The molecule has 0 spiro atoms. The Bertz CT molecular complexity index is 1140. The van der Waals surface area contributed by atoms with Gasteiger partial charge in [0.1, 0.15) is 5.54 Å². The highest BCUT2D eigenvalue weighted by atomic mass is 32.2. The van der Waals surface area contributed by atoms with Gasteiger partial charge < -0.3 is 32.9 Å². The normalized spacial score (nSPS) is 24.3. The molecule has 2 saturated carbocycles. The molecule has 0 aromatic carbocycles. The molecular weight excluding hydrogens is 494 g/mol. The summed E-state index contributed by atoms with van der Waals surface area (Å²) >= 11 is 1.04. The van der Waals surface area contributed by atoms with Crippen molar-refractivity contribution in [1.29, 1.82) is 0 Å². The number of hydrogen-bond acceptors (Lipinski definition) is 15. The molecule has 194 valence electrons. The topological polar surface area (TPSA) is 204 Å². The van der Waals surface area contributed by atoms with E-state index >= 15 is 0 Å². The lowest BCUT2D eigenvalue weighted by Gasteiger charge is -2.24. The second-order valence-corrected chi connectivity index (χ2v) is 8.84. The van der Waals surface area contributed by atoms with Crippen molar-refractivity contribution < 1.29 is 51.4 Å². The Hall–Kier alpha value is -2.85. The monoisotopic (exact) mass is 519 g/mol. The fraction of sp³-hybridized carbons (Fsp3) is 0.600.